The summed E-state index contributed by atoms with van der Waals surface area (Å²) in [4.78, 5) is 0. The highest BCUT2D eigenvalue weighted by atomic mass is 32.1. The molecule has 1 aromatic heterocycles. The molecule has 0 bridgehead atoms. The Labute approximate surface area is 118 Å². The van der Waals surface area contributed by atoms with Crippen molar-refractivity contribution in [1.82, 2.24) is 8.75 Å². The zero-order valence-corrected chi connectivity index (χ0v) is 12.0. The molecule has 19 heavy (non-hydrogen) atoms. The molecule has 100 valence electrons. The van der Waals surface area contributed by atoms with E-state index in [1.807, 2.05) is 0 Å². The third-order valence-corrected chi connectivity index (χ3v) is 4.30. The number of nitrogens with zero attached hydrogens (tertiary/aromatic N) is 2. The number of anilines is 1. The molecule has 1 N–H and O–H groups in total. The van der Waals surface area contributed by atoms with Gasteiger partial charge in [0.25, 0.3) is 0 Å². The summed E-state index contributed by atoms with van der Waals surface area (Å²) >= 11 is 1.28. The van der Waals surface area contributed by atoms with Gasteiger partial charge in [0.1, 0.15) is 5.69 Å². The summed E-state index contributed by atoms with van der Waals surface area (Å²) in [5, 5.41) is 3.35. The molecule has 3 rings (SSSR count). The van der Waals surface area contributed by atoms with Gasteiger partial charge in [-0.05, 0) is 36.8 Å². The number of hydrogen-bond acceptors (Lipinski definition) is 4. The Morgan fingerprint density at radius 3 is 2.95 bits per heavy atom. The molecule has 0 radical (unpaired) electrons. The lowest BCUT2D eigenvalue weighted by Gasteiger charge is -2.26. The van der Waals surface area contributed by atoms with Crippen molar-refractivity contribution in [2.75, 3.05) is 11.9 Å². The SMILES string of the molecule is CCCNc1nsnc1-c1cccc(C2CCC2)c1. The van der Waals surface area contributed by atoms with Crippen molar-refractivity contribution >= 4 is 17.5 Å². The predicted molar refractivity (Wildman–Crippen MR) is 80.7 cm³/mol. The number of benzene rings is 1. The van der Waals surface area contributed by atoms with Gasteiger partial charge in [0.15, 0.2) is 5.82 Å². The molecule has 1 aliphatic rings. The highest BCUT2D eigenvalue weighted by molar-refractivity contribution is 6.99. The summed E-state index contributed by atoms with van der Waals surface area (Å²) < 4.78 is 8.81. The van der Waals surface area contributed by atoms with Gasteiger partial charge in [-0.3, -0.25) is 0 Å². The first-order chi connectivity index (χ1) is 9.38. The topological polar surface area (TPSA) is 37.8 Å². The molecule has 1 aromatic carbocycles. The fourth-order valence-corrected chi connectivity index (χ4v) is 2.97. The lowest BCUT2D eigenvalue weighted by molar-refractivity contribution is 0.420. The van der Waals surface area contributed by atoms with Crippen LogP contribution in [0.25, 0.3) is 11.3 Å². The third kappa shape index (κ3) is 2.63. The summed E-state index contributed by atoms with van der Waals surface area (Å²) in [5.74, 6) is 1.69. The second-order valence-electron chi connectivity index (χ2n) is 5.14. The molecule has 0 atom stereocenters. The Morgan fingerprint density at radius 1 is 1.32 bits per heavy atom. The van der Waals surface area contributed by atoms with E-state index >= 15 is 0 Å². The van der Waals surface area contributed by atoms with Crippen molar-refractivity contribution in [2.45, 2.75) is 38.5 Å². The van der Waals surface area contributed by atoms with Gasteiger partial charge in [-0.1, -0.05) is 31.5 Å². The van der Waals surface area contributed by atoms with Gasteiger partial charge < -0.3 is 5.32 Å². The van der Waals surface area contributed by atoms with Crippen LogP contribution >= 0.6 is 11.7 Å². The van der Waals surface area contributed by atoms with E-state index in [-0.39, 0.29) is 0 Å². The van der Waals surface area contributed by atoms with Crippen molar-refractivity contribution in [3.8, 4) is 11.3 Å². The van der Waals surface area contributed by atoms with Crippen LogP contribution < -0.4 is 5.32 Å². The highest BCUT2D eigenvalue weighted by Crippen LogP contribution is 2.38. The molecule has 0 saturated heterocycles. The van der Waals surface area contributed by atoms with Gasteiger partial charge in [0.05, 0.1) is 11.7 Å². The van der Waals surface area contributed by atoms with Gasteiger partial charge in [-0.15, -0.1) is 0 Å². The first kappa shape index (κ1) is 12.6. The van der Waals surface area contributed by atoms with Crippen LogP contribution in [0.5, 0.6) is 0 Å². The molecule has 0 spiro atoms. The van der Waals surface area contributed by atoms with Crippen molar-refractivity contribution in [3.05, 3.63) is 29.8 Å². The van der Waals surface area contributed by atoms with Gasteiger partial charge in [0, 0.05) is 12.1 Å². The van der Waals surface area contributed by atoms with Crippen LogP contribution in [0.1, 0.15) is 44.1 Å². The number of rotatable bonds is 5. The minimum atomic E-state index is 0.763. The van der Waals surface area contributed by atoms with Crippen LogP contribution in [0.15, 0.2) is 24.3 Å². The van der Waals surface area contributed by atoms with Crippen molar-refractivity contribution in [3.63, 3.8) is 0 Å². The first-order valence-corrected chi connectivity index (χ1v) is 7.78. The van der Waals surface area contributed by atoms with E-state index < -0.39 is 0 Å². The van der Waals surface area contributed by atoms with E-state index in [1.54, 1.807) is 0 Å². The normalized spacial score (nSPS) is 15.2. The van der Waals surface area contributed by atoms with Gasteiger partial charge >= 0.3 is 0 Å². The molecule has 0 unspecified atom stereocenters. The van der Waals surface area contributed by atoms with Gasteiger partial charge in [-0.2, -0.15) is 8.75 Å². The van der Waals surface area contributed by atoms with Crippen LogP contribution in [0.4, 0.5) is 5.82 Å². The molecule has 0 aliphatic heterocycles. The van der Waals surface area contributed by atoms with Crippen molar-refractivity contribution in [2.24, 2.45) is 0 Å². The second kappa shape index (κ2) is 5.70. The number of aromatic nitrogens is 2. The minimum absolute atomic E-state index is 0.763. The standard InChI is InChI=1S/C15H19N3S/c1-2-9-16-15-14(17-19-18-15)13-8-4-7-12(10-13)11-5-3-6-11/h4,7-8,10-11H,2-3,5-6,9H2,1H3,(H,16,18). The quantitative estimate of drug-likeness (QED) is 0.883. The van der Waals surface area contributed by atoms with Gasteiger partial charge in [0.2, 0.25) is 0 Å². The lowest BCUT2D eigenvalue weighted by Crippen LogP contribution is -2.08. The monoisotopic (exact) mass is 273 g/mol. The fraction of sp³-hybridized carbons (Fsp3) is 0.467. The maximum atomic E-state index is 4.45. The smallest absolute Gasteiger partial charge is 0.168 e. The Bertz CT molecular complexity index is 546. The largest absolute Gasteiger partial charge is 0.367 e. The van der Waals surface area contributed by atoms with E-state index in [0.717, 1.165) is 30.4 Å². The molecular formula is C15H19N3S. The van der Waals surface area contributed by atoms with Crippen molar-refractivity contribution < 1.29 is 0 Å². The summed E-state index contributed by atoms with van der Waals surface area (Å²) in [6.45, 7) is 3.10. The number of hydrogen-bond donors (Lipinski definition) is 1. The van der Waals surface area contributed by atoms with E-state index in [9.17, 15) is 0 Å². The van der Waals surface area contributed by atoms with E-state index in [1.165, 1.54) is 42.1 Å². The zero-order chi connectivity index (χ0) is 13.1. The van der Waals surface area contributed by atoms with E-state index in [0.29, 0.717) is 0 Å². The number of nitrogens with one attached hydrogen (secondary N) is 1. The Balaban J connectivity index is 1.86. The molecule has 3 nitrogen and oxygen atoms in total. The third-order valence-electron chi connectivity index (χ3n) is 3.77. The average molecular weight is 273 g/mol. The Morgan fingerprint density at radius 2 is 2.21 bits per heavy atom. The van der Waals surface area contributed by atoms with E-state index in [4.69, 9.17) is 0 Å². The molecule has 0 amide bonds. The summed E-state index contributed by atoms with van der Waals surface area (Å²) in [6.07, 6.45) is 5.13. The zero-order valence-electron chi connectivity index (χ0n) is 11.2. The van der Waals surface area contributed by atoms with Crippen LogP contribution in [0.2, 0.25) is 0 Å². The molecule has 2 aromatic rings. The fourth-order valence-electron chi connectivity index (χ4n) is 2.42. The van der Waals surface area contributed by atoms with Gasteiger partial charge in [-0.25, -0.2) is 0 Å². The average Bonchev–Trinajstić information content (AvgIpc) is 2.83. The van der Waals surface area contributed by atoms with Crippen LogP contribution in [0, 0.1) is 0 Å². The minimum Gasteiger partial charge on any atom is -0.367 e. The lowest BCUT2D eigenvalue weighted by atomic mass is 9.79. The first-order valence-electron chi connectivity index (χ1n) is 7.05. The van der Waals surface area contributed by atoms with Crippen molar-refractivity contribution in [1.29, 1.82) is 0 Å². The maximum Gasteiger partial charge on any atom is 0.168 e. The molecular weight excluding hydrogens is 254 g/mol. The summed E-state index contributed by atoms with van der Waals surface area (Å²) in [5.41, 5.74) is 3.65. The van der Waals surface area contributed by atoms with E-state index in [2.05, 4.69) is 45.3 Å². The molecule has 4 heteroatoms. The highest BCUT2D eigenvalue weighted by Gasteiger charge is 2.20. The summed E-state index contributed by atoms with van der Waals surface area (Å²) in [7, 11) is 0. The van der Waals surface area contributed by atoms with Crippen LogP contribution in [0.3, 0.4) is 0 Å². The van der Waals surface area contributed by atoms with Crippen LogP contribution in [-0.2, 0) is 0 Å². The molecule has 1 saturated carbocycles. The van der Waals surface area contributed by atoms with Crippen LogP contribution in [-0.4, -0.2) is 15.3 Å². The molecule has 1 fully saturated rings. The summed E-state index contributed by atoms with van der Waals surface area (Å²) in [6, 6.07) is 8.81. The Kier molecular flexibility index (Phi) is 3.78. The molecule has 1 aliphatic carbocycles. The Hall–Kier alpha value is -1.42. The second-order valence-corrected chi connectivity index (χ2v) is 5.67. The maximum absolute atomic E-state index is 4.45. The molecule has 1 heterocycles. The predicted octanol–water partition coefficient (Wildman–Crippen LogP) is 4.29.